The van der Waals surface area contributed by atoms with Crippen LogP contribution in [0.15, 0.2) is 59.5 Å². The average Bonchev–Trinajstić information content (AvgIpc) is 3.00. The van der Waals surface area contributed by atoms with Gasteiger partial charge in [-0.05, 0) is 35.9 Å². The zero-order valence-corrected chi connectivity index (χ0v) is 13.9. The number of aromatic nitrogens is 3. The molecule has 0 fully saturated rings. The summed E-state index contributed by atoms with van der Waals surface area (Å²) in [5.74, 6) is -0.477. The molecule has 0 aliphatic carbocycles. The Balaban J connectivity index is 1.49. The fourth-order valence-corrected chi connectivity index (χ4v) is 2.43. The largest absolute Gasteiger partial charge is 0.462 e. The van der Waals surface area contributed by atoms with Gasteiger partial charge in [0.15, 0.2) is 5.65 Å². The smallest absolute Gasteiger partial charge is 0.350 e. The van der Waals surface area contributed by atoms with Gasteiger partial charge in [-0.25, -0.2) is 14.3 Å². The molecule has 3 aromatic rings. The van der Waals surface area contributed by atoms with Crippen LogP contribution in [0.1, 0.15) is 17.5 Å². The van der Waals surface area contributed by atoms with Gasteiger partial charge in [0, 0.05) is 25.2 Å². The molecule has 0 spiro atoms. The van der Waals surface area contributed by atoms with Gasteiger partial charge in [-0.2, -0.15) is 5.26 Å². The number of hydrogen-bond donors (Lipinski definition) is 0. The fraction of sp³-hybridized carbons (Fsp3) is 0.158. The van der Waals surface area contributed by atoms with Gasteiger partial charge >= 0.3 is 11.7 Å². The molecule has 0 radical (unpaired) electrons. The Bertz CT molecular complexity index is 1060. The van der Waals surface area contributed by atoms with Crippen LogP contribution in [0.25, 0.3) is 11.7 Å². The Morgan fingerprint density at radius 2 is 2.15 bits per heavy atom. The highest BCUT2D eigenvalue weighted by Crippen LogP contribution is 2.06. The van der Waals surface area contributed by atoms with E-state index in [1.54, 1.807) is 48.7 Å². The van der Waals surface area contributed by atoms with Gasteiger partial charge in [-0.3, -0.25) is 4.40 Å². The lowest BCUT2D eigenvalue weighted by Gasteiger charge is -2.01. The molecule has 0 aliphatic rings. The van der Waals surface area contributed by atoms with Crippen molar-refractivity contribution in [3.8, 4) is 6.07 Å². The van der Waals surface area contributed by atoms with Crippen LogP contribution in [0, 0.1) is 11.3 Å². The van der Waals surface area contributed by atoms with Crippen LogP contribution < -0.4 is 5.69 Å². The van der Waals surface area contributed by atoms with Crippen LogP contribution in [-0.2, 0) is 16.1 Å². The van der Waals surface area contributed by atoms with E-state index in [0.717, 1.165) is 5.56 Å². The van der Waals surface area contributed by atoms with Crippen molar-refractivity contribution in [2.24, 2.45) is 0 Å². The quantitative estimate of drug-likeness (QED) is 0.386. The van der Waals surface area contributed by atoms with Gasteiger partial charge in [0.2, 0.25) is 0 Å². The standard InChI is InChI=1S/C19H16N4O3/c20-14-16-6-3-5-15(13-16)8-9-18(24)26-12-4-11-23-19(25)22-10-2-1-7-17(22)21-23/h1-3,5-10,13H,4,11-12H2/b9-8-. The van der Waals surface area contributed by atoms with Crippen LogP contribution in [-0.4, -0.2) is 26.8 Å². The van der Waals surface area contributed by atoms with Crippen LogP contribution in [0.3, 0.4) is 0 Å². The summed E-state index contributed by atoms with van der Waals surface area (Å²) in [7, 11) is 0. The molecule has 0 amide bonds. The molecule has 0 N–H and O–H groups in total. The number of hydrogen-bond acceptors (Lipinski definition) is 5. The molecule has 0 aliphatic heterocycles. The molecule has 0 saturated carbocycles. The highest BCUT2D eigenvalue weighted by atomic mass is 16.5. The number of rotatable bonds is 6. The Morgan fingerprint density at radius 1 is 1.27 bits per heavy atom. The van der Waals surface area contributed by atoms with Gasteiger partial charge in [0.25, 0.3) is 0 Å². The first kappa shape index (κ1) is 17.2. The van der Waals surface area contributed by atoms with E-state index < -0.39 is 5.97 Å². The topological polar surface area (TPSA) is 89.4 Å². The number of esters is 1. The molecule has 0 unspecified atom stereocenters. The number of carbonyl (C=O) groups excluding carboxylic acids is 1. The van der Waals surface area contributed by atoms with E-state index in [9.17, 15) is 9.59 Å². The Kier molecular flexibility index (Phi) is 5.25. The molecule has 3 rings (SSSR count). The number of ether oxygens (including phenoxy) is 1. The third kappa shape index (κ3) is 4.05. The maximum absolute atomic E-state index is 12.1. The molecule has 7 nitrogen and oxygen atoms in total. The van der Waals surface area contributed by atoms with E-state index in [1.807, 2.05) is 12.1 Å². The number of carbonyl (C=O) groups is 1. The van der Waals surface area contributed by atoms with Gasteiger partial charge in [0.1, 0.15) is 0 Å². The van der Waals surface area contributed by atoms with Crippen LogP contribution in [0.5, 0.6) is 0 Å². The van der Waals surface area contributed by atoms with Crippen molar-refractivity contribution in [1.29, 1.82) is 5.26 Å². The summed E-state index contributed by atoms with van der Waals surface area (Å²) < 4.78 is 7.93. The number of benzene rings is 1. The van der Waals surface area contributed by atoms with E-state index in [-0.39, 0.29) is 12.3 Å². The molecule has 26 heavy (non-hydrogen) atoms. The first-order valence-electron chi connectivity index (χ1n) is 8.06. The zero-order chi connectivity index (χ0) is 18.4. The van der Waals surface area contributed by atoms with Gasteiger partial charge in [-0.15, -0.1) is 5.10 Å². The molecular weight excluding hydrogens is 332 g/mol. The maximum Gasteiger partial charge on any atom is 0.350 e. The first-order chi connectivity index (χ1) is 12.7. The van der Waals surface area contributed by atoms with E-state index in [1.165, 1.54) is 15.2 Å². The molecule has 0 atom stereocenters. The Morgan fingerprint density at radius 3 is 2.96 bits per heavy atom. The van der Waals surface area contributed by atoms with E-state index in [4.69, 9.17) is 10.00 Å². The summed E-state index contributed by atoms with van der Waals surface area (Å²) in [6.45, 7) is 0.545. The summed E-state index contributed by atoms with van der Waals surface area (Å²) in [6.07, 6.45) is 5.05. The third-order valence-corrected chi connectivity index (χ3v) is 3.67. The van der Waals surface area contributed by atoms with Crippen molar-refractivity contribution in [2.45, 2.75) is 13.0 Å². The van der Waals surface area contributed by atoms with Crippen molar-refractivity contribution in [3.63, 3.8) is 0 Å². The normalized spacial score (nSPS) is 10.9. The average molecular weight is 348 g/mol. The molecule has 7 heteroatoms. The molecule has 130 valence electrons. The summed E-state index contributed by atoms with van der Waals surface area (Å²) >= 11 is 0. The summed E-state index contributed by atoms with van der Waals surface area (Å²) in [6, 6.07) is 14.3. The molecule has 2 aromatic heterocycles. The maximum atomic E-state index is 12.1. The monoisotopic (exact) mass is 348 g/mol. The Hall–Kier alpha value is -3.66. The number of nitrogens with zero attached hydrogens (tertiary/aromatic N) is 4. The van der Waals surface area contributed by atoms with Gasteiger partial charge < -0.3 is 4.74 Å². The SMILES string of the molecule is N#Cc1cccc(/C=C\C(=O)OCCCn2nc3ccccn3c2=O)c1. The van der Waals surface area contributed by atoms with E-state index >= 15 is 0 Å². The highest BCUT2D eigenvalue weighted by molar-refractivity contribution is 5.87. The predicted molar refractivity (Wildman–Crippen MR) is 95.2 cm³/mol. The van der Waals surface area contributed by atoms with Crippen LogP contribution in [0.2, 0.25) is 0 Å². The molecular formula is C19H16N4O3. The minimum Gasteiger partial charge on any atom is -0.462 e. The summed E-state index contributed by atoms with van der Waals surface area (Å²) in [4.78, 5) is 23.8. The summed E-state index contributed by atoms with van der Waals surface area (Å²) in [5, 5.41) is 13.1. The zero-order valence-electron chi connectivity index (χ0n) is 13.9. The fourth-order valence-electron chi connectivity index (χ4n) is 2.43. The summed E-state index contributed by atoms with van der Waals surface area (Å²) in [5.41, 5.74) is 1.64. The third-order valence-electron chi connectivity index (χ3n) is 3.67. The molecule has 0 bridgehead atoms. The van der Waals surface area contributed by atoms with Crippen LogP contribution >= 0.6 is 0 Å². The number of aryl methyl sites for hydroxylation is 1. The second kappa shape index (κ2) is 7.94. The number of nitriles is 1. The highest BCUT2D eigenvalue weighted by Gasteiger charge is 2.05. The predicted octanol–water partition coefficient (Wildman–Crippen LogP) is 2.01. The van der Waals surface area contributed by atoms with E-state index in [0.29, 0.717) is 24.2 Å². The van der Waals surface area contributed by atoms with Crippen molar-refractivity contribution in [3.05, 3.63) is 76.3 Å². The second-order valence-corrected chi connectivity index (χ2v) is 5.53. The van der Waals surface area contributed by atoms with Gasteiger partial charge in [0.05, 0.1) is 18.2 Å². The van der Waals surface area contributed by atoms with Crippen molar-refractivity contribution in [2.75, 3.05) is 6.61 Å². The van der Waals surface area contributed by atoms with Crippen LogP contribution in [0.4, 0.5) is 0 Å². The lowest BCUT2D eigenvalue weighted by atomic mass is 10.1. The lowest BCUT2D eigenvalue weighted by Crippen LogP contribution is -2.21. The second-order valence-electron chi connectivity index (χ2n) is 5.53. The van der Waals surface area contributed by atoms with Crippen molar-refractivity contribution < 1.29 is 9.53 Å². The molecule has 0 saturated heterocycles. The lowest BCUT2D eigenvalue weighted by molar-refractivity contribution is -0.137. The first-order valence-corrected chi connectivity index (χ1v) is 8.06. The van der Waals surface area contributed by atoms with Gasteiger partial charge in [-0.1, -0.05) is 18.2 Å². The Labute approximate surface area is 149 Å². The number of fused-ring (bicyclic) bond motifs is 1. The molecule has 1 aromatic carbocycles. The minimum absolute atomic E-state index is 0.182. The van der Waals surface area contributed by atoms with Crippen molar-refractivity contribution in [1.82, 2.24) is 14.2 Å². The van der Waals surface area contributed by atoms with E-state index in [2.05, 4.69) is 5.10 Å². The minimum atomic E-state index is -0.477. The number of pyridine rings is 1. The molecule has 2 heterocycles. The van der Waals surface area contributed by atoms with Crippen molar-refractivity contribution >= 4 is 17.7 Å².